The summed E-state index contributed by atoms with van der Waals surface area (Å²) >= 11 is 6.14. The number of ketones is 1. The Bertz CT molecular complexity index is 2130. The minimum Gasteiger partial charge on any atom is -0.490 e. The largest absolute Gasteiger partial charge is 0.490 e. The monoisotopic (exact) mass is 828 g/mol. The van der Waals surface area contributed by atoms with E-state index < -0.39 is 40.9 Å². The van der Waals surface area contributed by atoms with Crippen molar-refractivity contribution in [2.45, 2.75) is 69.9 Å². The van der Waals surface area contributed by atoms with E-state index in [9.17, 15) is 29.1 Å². The highest BCUT2D eigenvalue weighted by atomic mass is 35.5. The van der Waals surface area contributed by atoms with Gasteiger partial charge in [-0.1, -0.05) is 11.6 Å². The number of carbonyl (C=O) groups excluding carboxylic acids is 4. The van der Waals surface area contributed by atoms with Gasteiger partial charge in [0.2, 0.25) is 11.8 Å². The molecule has 1 unspecified atom stereocenters. The highest BCUT2D eigenvalue weighted by Gasteiger charge is 2.32. The number of piperazine rings is 1. The van der Waals surface area contributed by atoms with Gasteiger partial charge >= 0.3 is 5.97 Å². The van der Waals surface area contributed by atoms with Gasteiger partial charge in [0.1, 0.15) is 17.6 Å². The van der Waals surface area contributed by atoms with Crippen molar-refractivity contribution in [1.82, 2.24) is 25.7 Å². The maximum Gasteiger partial charge on any atom is 0.336 e. The third-order valence-corrected chi connectivity index (χ3v) is 12.1. The fourth-order valence-corrected chi connectivity index (χ4v) is 8.62. The predicted molar refractivity (Wildman–Crippen MR) is 214 cm³/mol. The van der Waals surface area contributed by atoms with Crippen molar-refractivity contribution in [2.24, 2.45) is 11.8 Å². The van der Waals surface area contributed by atoms with E-state index in [1.807, 2.05) is 17.0 Å². The number of rotatable bonds is 12. The highest BCUT2D eigenvalue weighted by Crippen LogP contribution is 2.31. The van der Waals surface area contributed by atoms with Crippen molar-refractivity contribution in [3.63, 3.8) is 0 Å². The molecule has 15 nitrogen and oxygen atoms in total. The molecule has 3 amide bonds. The second kappa shape index (κ2) is 18.5. The van der Waals surface area contributed by atoms with E-state index in [1.54, 1.807) is 24.3 Å². The molecule has 1 aliphatic carbocycles. The smallest absolute Gasteiger partial charge is 0.336 e. The number of hydrogen-bond donors (Lipinski definition) is 3. The standard InChI is InChI=1S/C42H46ClFN8O7/c43-33-20-30(5-1-27(33)23-45)59-29-6-3-28(4-7-29)46-41(56)35-8-9-38(49-48-35)52-13-11-25(12-14-52)24-50-15-17-51(18-16-50)36-22-31(32(42(57)58)21-34(36)44)37(53)19-26-2-10-39(54)47-40(26)55/h1,5,8-9,20-22,25-26,28-29H,2-4,6-7,10-19,24H2,(H,46,56)(H,57,58)(H,47,54,55). The van der Waals surface area contributed by atoms with Gasteiger partial charge in [0.05, 0.1) is 27.9 Å². The van der Waals surface area contributed by atoms with Crippen LogP contribution in [-0.4, -0.2) is 108 Å². The molecule has 3 aromatic rings. The van der Waals surface area contributed by atoms with E-state index in [4.69, 9.17) is 21.6 Å². The number of benzene rings is 2. The van der Waals surface area contributed by atoms with Crippen LogP contribution >= 0.6 is 11.6 Å². The summed E-state index contributed by atoms with van der Waals surface area (Å²) in [5, 5.41) is 33.1. The Hall–Kier alpha value is -5.66. The summed E-state index contributed by atoms with van der Waals surface area (Å²) in [5.41, 5.74) is 0.219. The Morgan fingerprint density at radius 1 is 0.915 bits per heavy atom. The quantitative estimate of drug-likeness (QED) is 0.169. The zero-order valence-electron chi connectivity index (χ0n) is 32.5. The third kappa shape index (κ3) is 10.1. The number of carbonyl (C=O) groups is 5. The topological polar surface area (TPSA) is 198 Å². The number of nitrogens with zero attached hydrogens (tertiary/aromatic N) is 6. The number of aromatic nitrogens is 2. The highest BCUT2D eigenvalue weighted by molar-refractivity contribution is 6.31. The number of carboxylic acids is 1. The van der Waals surface area contributed by atoms with Gasteiger partial charge in [0, 0.05) is 82.2 Å². The first-order valence-electron chi connectivity index (χ1n) is 20.1. The lowest BCUT2D eigenvalue weighted by molar-refractivity contribution is -0.136. The lowest BCUT2D eigenvalue weighted by Gasteiger charge is -2.40. The number of aromatic carboxylic acids is 1. The molecule has 4 aliphatic rings. The van der Waals surface area contributed by atoms with Crippen LogP contribution in [0.15, 0.2) is 42.5 Å². The van der Waals surface area contributed by atoms with Gasteiger partial charge < -0.3 is 25.0 Å². The Morgan fingerprint density at radius 2 is 1.66 bits per heavy atom. The summed E-state index contributed by atoms with van der Waals surface area (Å²) in [5.74, 6) is -2.94. The number of ether oxygens (including phenoxy) is 1. The molecule has 0 bridgehead atoms. The number of Topliss-reactive ketones (excluding diaryl/α,β-unsaturated/α-hetero) is 1. The lowest BCUT2D eigenvalue weighted by atomic mass is 9.89. The van der Waals surface area contributed by atoms with E-state index in [0.717, 1.165) is 70.0 Å². The molecule has 1 saturated carbocycles. The molecule has 3 aliphatic heterocycles. The zero-order valence-corrected chi connectivity index (χ0v) is 33.3. The first-order valence-corrected chi connectivity index (χ1v) is 20.5. The number of anilines is 2. The van der Waals surface area contributed by atoms with E-state index in [0.29, 0.717) is 48.4 Å². The van der Waals surface area contributed by atoms with Crippen LogP contribution in [0.3, 0.4) is 0 Å². The number of halogens is 2. The van der Waals surface area contributed by atoms with Crippen molar-refractivity contribution in [3.05, 3.63) is 75.7 Å². The van der Waals surface area contributed by atoms with E-state index in [-0.39, 0.29) is 54.3 Å². The second-order valence-corrected chi connectivity index (χ2v) is 16.2. The molecule has 3 N–H and O–H groups in total. The third-order valence-electron chi connectivity index (χ3n) is 11.8. The Labute approximate surface area is 345 Å². The fraction of sp³-hybridized carbons (Fsp3) is 0.476. The van der Waals surface area contributed by atoms with Crippen molar-refractivity contribution >= 4 is 52.6 Å². The minimum atomic E-state index is -1.43. The van der Waals surface area contributed by atoms with Crippen molar-refractivity contribution in [2.75, 3.05) is 55.6 Å². The second-order valence-electron chi connectivity index (χ2n) is 15.7. The molecule has 59 heavy (non-hydrogen) atoms. The average Bonchev–Trinajstić information content (AvgIpc) is 3.23. The average molecular weight is 829 g/mol. The molecule has 7 rings (SSSR count). The Kier molecular flexibility index (Phi) is 13.0. The summed E-state index contributed by atoms with van der Waals surface area (Å²) in [4.78, 5) is 68.3. The molecule has 1 atom stereocenters. The number of nitrogens with one attached hydrogen (secondary N) is 2. The van der Waals surface area contributed by atoms with E-state index in [1.165, 1.54) is 6.07 Å². The van der Waals surface area contributed by atoms with Gasteiger partial charge in [-0.15, -0.1) is 10.2 Å². The first kappa shape index (κ1) is 41.5. The number of nitriles is 1. The molecular formula is C42H46ClFN8O7. The van der Waals surface area contributed by atoms with Crippen LogP contribution in [0, 0.1) is 29.0 Å². The normalized spacial score (nSPS) is 21.7. The maximum absolute atomic E-state index is 15.3. The van der Waals surface area contributed by atoms with Crippen LogP contribution in [0.4, 0.5) is 15.9 Å². The van der Waals surface area contributed by atoms with Crippen LogP contribution < -0.4 is 25.2 Å². The van der Waals surface area contributed by atoms with Gasteiger partial charge in [-0.05, 0) is 87.3 Å². The predicted octanol–water partition coefficient (Wildman–Crippen LogP) is 4.62. The summed E-state index contributed by atoms with van der Waals surface area (Å²) < 4.78 is 21.4. The maximum atomic E-state index is 15.3. The van der Waals surface area contributed by atoms with E-state index in [2.05, 4.69) is 30.6 Å². The molecule has 4 heterocycles. The molecule has 3 saturated heterocycles. The lowest BCUT2D eigenvalue weighted by Crippen LogP contribution is -2.49. The van der Waals surface area contributed by atoms with Crippen molar-refractivity contribution in [3.8, 4) is 11.8 Å². The van der Waals surface area contributed by atoms with Gasteiger partial charge in [-0.3, -0.25) is 29.4 Å². The Balaban J connectivity index is 0.840. The molecule has 4 fully saturated rings. The van der Waals surface area contributed by atoms with Gasteiger partial charge in [0.25, 0.3) is 5.91 Å². The van der Waals surface area contributed by atoms with Crippen molar-refractivity contribution < 1.29 is 38.2 Å². The summed E-state index contributed by atoms with van der Waals surface area (Å²) in [6, 6.07) is 12.8. The van der Waals surface area contributed by atoms with Crippen molar-refractivity contribution in [1.29, 1.82) is 5.26 Å². The number of hydrogen-bond acceptors (Lipinski definition) is 12. The molecule has 0 spiro atoms. The Morgan fingerprint density at radius 3 is 2.31 bits per heavy atom. The fourth-order valence-electron chi connectivity index (χ4n) is 8.41. The van der Waals surface area contributed by atoms with Gasteiger partial charge in [0.15, 0.2) is 17.3 Å². The summed E-state index contributed by atoms with van der Waals surface area (Å²) in [6.07, 6.45) is 4.96. The molecular weight excluding hydrogens is 783 g/mol. The van der Waals surface area contributed by atoms with Crippen LogP contribution in [-0.2, 0) is 9.59 Å². The van der Waals surface area contributed by atoms with Crippen LogP contribution in [0.2, 0.25) is 5.02 Å². The minimum absolute atomic E-state index is 0.00131. The number of piperidine rings is 2. The SMILES string of the molecule is N#Cc1ccc(OC2CCC(NC(=O)c3ccc(N4CCC(CN5CCN(c6cc(C(=O)CC7CCC(=O)NC7=O)c(C(=O)O)cc6F)CC5)CC4)nn3)CC2)cc1Cl. The molecule has 310 valence electrons. The van der Waals surface area contributed by atoms with Gasteiger partial charge in [-0.2, -0.15) is 5.26 Å². The molecule has 2 aromatic carbocycles. The molecule has 0 radical (unpaired) electrons. The first-order chi connectivity index (χ1) is 28.4. The number of amides is 3. The van der Waals surface area contributed by atoms with E-state index >= 15 is 4.39 Å². The number of imide groups is 1. The van der Waals surface area contributed by atoms with Crippen LogP contribution in [0.1, 0.15) is 94.6 Å². The van der Waals surface area contributed by atoms with Gasteiger partial charge in [-0.25, -0.2) is 9.18 Å². The zero-order chi connectivity index (χ0) is 41.6. The molecule has 1 aromatic heterocycles. The summed E-state index contributed by atoms with van der Waals surface area (Å²) in [7, 11) is 0. The van der Waals surface area contributed by atoms with Crippen LogP contribution in [0.5, 0.6) is 5.75 Å². The number of carboxylic acid groups (broad SMARTS) is 1. The molecule has 17 heteroatoms. The summed E-state index contributed by atoms with van der Waals surface area (Å²) in [6.45, 7) is 4.77. The van der Waals surface area contributed by atoms with Crippen LogP contribution in [0.25, 0.3) is 0 Å².